The molecule has 0 bridgehead atoms. The zero-order chi connectivity index (χ0) is 23.3. The predicted molar refractivity (Wildman–Crippen MR) is 117 cm³/mol. The molecule has 0 aliphatic heterocycles. The highest BCUT2D eigenvalue weighted by Crippen LogP contribution is 2.35. The number of urea groups is 1. The van der Waals surface area contributed by atoms with Crippen LogP contribution in [0.4, 0.5) is 19.3 Å². The number of rotatable bonds is 5. The molecule has 0 saturated heterocycles. The van der Waals surface area contributed by atoms with Crippen molar-refractivity contribution >= 4 is 28.6 Å². The van der Waals surface area contributed by atoms with Gasteiger partial charge in [-0.2, -0.15) is 0 Å². The fourth-order valence-corrected chi connectivity index (χ4v) is 3.18. The van der Waals surface area contributed by atoms with Gasteiger partial charge in [0, 0.05) is 16.8 Å². The zero-order valence-corrected chi connectivity index (χ0v) is 18.2. The quantitative estimate of drug-likeness (QED) is 0.486. The van der Waals surface area contributed by atoms with Crippen LogP contribution in [0.5, 0.6) is 0 Å². The van der Waals surface area contributed by atoms with Gasteiger partial charge in [-0.1, -0.05) is 33.8 Å². The summed E-state index contributed by atoms with van der Waals surface area (Å²) in [6, 6.07) is 7.42. The molecule has 0 aliphatic rings. The molecule has 166 valence electrons. The molecule has 3 amide bonds. The smallest absolute Gasteiger partial charge is 0.319 e. The van der Waals surface area contributed by atoms with Gasteiger partial charge in [-0.25, -0.2) is 13.6 Å². The van der Waals surface area contributed by atoms with Crippen LogP contribution in [-0.2, 0) is 0 Å². The zero-order valence-electron chi connectivity index (χ0n) is 18.2. The first-order chi connectivity index (χ1) is 14.7. The number of nitrogens with two attached hydrogens (primary N) is 1. The van der Waals surface area contributed by atoms with Crippen LogP contribution < -0.4 is 16.4 Å². The van der Waals surface area contributed by atoms with Gasteiger partial charge in [-0.05, 0) is 43.2 Å². The van der Waals surface area contributed by atoms with Crippen molar-refractivity contribution in [1.29, 1.82) is 0 Å². The lowest BCUT2D eigenvalue weighted by atomic mass is 9.98. The second-order valence-corrected chi connectivity index (χ2v) is 7.09. The average Bonchev–Trinajstić information content (AvgIpc) is 3.07. The Labute approximate surface area is 179 Å². The van der Waals surface area contributed by atoms with Gasteiger partial charge in [0.25, 0.3) is 0 Å². The number of benzene rings is 2. The lowest BCUT2D eigenvalue weighted by Gasteiger charge is -2.21. The summed E-state index contributed by atoms with van der Waals surface area (Å²) in [5.74, 6) is -2.31. The number of carbonyl (C=O) groups is 2. The van der Waals surface area contributed by atoms with Crippen molar-refractivity contribution in [1.82, 2.24) is 5.32 Å². The number of anilines is 1. The Kier molecular flexibility index (Phi) is 7.74. The topological polar surface area (TPSA) is 97.4 Å². The molecular formula is C23H27F2N3O3. The van der Waals surface area contributed by atoms with Crippen molar-refractivity contribution in [3.8, 4) is 0 Å². The first-order valence-electron chi connectivity index (χ1n) is 10.0. The lowest BCUT2D eigenvalue weighted by molar-refractivity contribution is 0.1000. The maximum Gasteiger partial charge on any atom is 0.319 e. The molecule has 3 rings (SSSR count). The molecule has 2 aromatic carbocycles. The van der Waals surface area contributed by atoms with Crippen LogP contribution in [-0.4, -0.2) is 11.9 Å². The van der Waals surface area contributed by atoms with E-state index in [0.29, 0.717) is 17.0 Å². The van der Waals surface area contributed by atoms with E-state index >= 15 is 0 Å². The summed E-state index contributed by atoms with van der Waals surface area (Å²) in [7, 11) is 0. The molecule has 31 heavy (non-hydrogen) atoms. The van der Waals surface area contributed by atoms with Crippen LogP contribution in [0.1, 0.15) is 55.4 Å². The number of carbonyl (C=O) groups excluding carboxylic acids is 2. The van der Waals surface area contributed by atoms with E-state index in [0.717, 1.165) is 6.07 Å². The second kappa shape index (κ2) is 10.1. The molecular weight excluding hydrogens is 404 g/mol. The molecule has 4 N–H and O–H groups in total. The number of amides is 3. The first kappa shape index (κ1) is 23.9. The molecule has 1 unspecified atom stereocenters. The highest BCUT2D eigenvalue weighted by atomic mass is 19.2. The minimum atomic E-state index is -0.981. The minimum Gasteiger partial charge on any atom is -0.458 e. The summed E-state index contributed by atoms with van der Waals surface area (Å²) < 4.78 is 33.6. The number of nitrogens with one attached hydrogen (secondary N) is 2. The van der Waals surface area contributed by atoms with Crippen LogP contribution in [0.3, 0.4) is 0 Å². The third kappa shape index (κ3) is 5.20. The average molecular weight is 431 g/mol. The molecule has 3 aromatic rings. The number of primary amides is 1. The molecule has 6 nitrogen and oxygen atoms in total. The Morgan fingerprint density at radius 3 is 2.39 bits per heavy atom. The van der Waals surface area contributed by atoms with Crippen LogP contribution in [0.25, 0.3) is 11.0 Å². The van der Waals surface area contributed by atoms with Gasteiger partial charge >= 0.3 is 6.03 Å². The monoisotopic (exact) mass is 431 g/mol. The number of aryl methyl sites for hydroxylation is 1. The van der Waals surface area contributed by atoms with Gasteiger partial charge in [-0.15, -0.1) is 0 Å². The Bertz CT molecular complexity index is 1090. The standard InChI is InChI=1S/C21H21F2N3O3.C2H6/c1-10(2)18(19-11(3)16-15(29-19)8-7-14(22)17(16)23)26-21(28)25-13-6-4-5-12(9-13)20(24)27;1-2/h4-10,18H,1-3H3,(H2,24,27)(H2,25,26,28);1-2H3. The summed E-state index contributed by atoms with van der Waals surface area (Å²) in [6.07, 6.45) is 0. The van der Waals surface area contributed by atoms with Crippen molar-refractivity contribution in [3.05, 3.63) is 64.9 Å². The fourth-order valence-electron chi connectivity index (χ4n) is 3.18. The molecule has 0 fully saturated rings. The molecule has 1 heterocycles. The maximum absolute atomic E-state index is 14.2. The van der Waals surface area contributed by atoms with Gasteiger partial charge in [0.05, 0.1) is 11.4 Å². The SMILES string of the molecule is CC.Cc1c(C(NC(=O)Nc2cccc(C(N)=O)c2)C(C)C)oc2ccc(F)c(F)c12. The largest absolute Gasteiger partial charge is 0.458 e. The number of fused-ring (bicyclic) bond motifs is 1. The van der Waals surface area contributed by atoms with Gasteiger partial charge in [0.15, 0.2) is 11.6 Å². The second-order valence-electron chi connectivity index (χ2n) is 7.09. The Hall–Kier alpha value is -3.42. The van der Waals surface area contributed by atoms with Crippen LogP contribution in [0.2, 0.25) is 0 Å². The fraction of sp³-hybridized carbons (Fsp3) is 0.304. The Morgan fingerprint density at radius 2 is 1.77 bits per heavy atom. The van der Waals surface area contributed by atoms with E-state index in [1.165, 1.54) is 18.2 Å². The number of hydrogen-bond donors (Lipinski definition) is 3. The molecule has 0 aliphatic carbocycles. The van der Waals surface area contributed by atoms with E-state index in [-0.39, 0.29) is 22.5 Å². The highest BCUT2D eigenvalue weighted by Gasteiger charge is 2.27. The molecule has 0 spiro atoms. The summed E-state index contributed by atoms with van der Waals surface area (Å²) in [4.78, 5) is 23.8. The third-order valence-corrected chi connectivity index (χ3v) is 4.66. The van der Waals surface area contributed by atoms with Gasteiger partial charge < -0.3 is 20.8 Å². The van der Waals surface area contributed by atoms with E-state index in [4.69, 9.17) is 10.2 Å². The Morgan fingerprint density at radius 1 is 1.10 bits per heavy atom. The van der Waals surface area contributed by atoms with E-state index in [1.807, 2.05) is 27.7 Å². The van der Waals surface area contributed by atoms with Crippen molar-refractivity contribution < 1.29 is 22.8 Å². The van der Waals surface area contributed by atoms with Crippen LogP contribution in [0.15, 0.2) is 40.8 Å². The summed E-state index contributed by atoms with van der Waals surface area (Å²) in [5.41, 5.74) is 6.52. The van der Waals surface area contributed by atoms with Crippen molar-refractivity contribution in [2.45, 2.75) is 40.7 Å². The van der Waals surface area contributed by atoms with E-state index in [2.05, 4.69) is 10.6 Å². The highest BCUT2D eigenvalue weighted by molar-refractivity contribution is 5.96. The molecule has 1 aromatic heterocycles. The molecule has 1 atom stereocenters. The van der Waals surface area contributed by atoms with Crippen molar-refractivity contribution in [2.24, 2.45) is 11.7 Å². The van der Waals surface area contributed by atoms with E-state index < -0.39 is 29.6 Å². The van der Waals surface area contributed by atoms with E-state index in [1.54, 1.807) is 19.1 Å². The Balaban J connectivity index is 0.00000166. The predicted octanol–water partition coefficient (Wildman–Crippen LogP) is 5.66. The number of furan rings is 1. The summed E-state index contributed by atoms with van der Waals surface area (Å²) >= 11 is 0. The van der Waals surface area contributed by atoms with Crippen LogP contribution >= 0.6 is 0 Å². The number of hydrogen-bond acceptors (Lipinski definition) is 3. The van der Waals surface area contributed by atoms with Crippen LogP contribution in [0, 0.1) is 24.5 Å². The van der Waals surface area contributed by atoms with Gasteiger partial charge in [-0.3, -0.25) is 4.79 Å². The first-order valence-corrected chi connectivity index (χ1v) is 10.0. The summed E-state index contributed by atoms with van der Waals surface area (Å²) in [6.45, 7) is 9.35. The van der Waals surface area contributed by atoms with Gasteiger partial charge in [0.1, 0.15) is 11.3 Å². The third-order valence-electron chi connectivity index (χ3n) is 4.66. The normalized spacial score (nSPS) is 11.6. The molecule has 8 heteroatoms. The number of halogens is 2. The molecule has 0 radical (unpaired) electrons. The minimum absolute atomic E-state index is 0.0574. The molecule has 0 saturated carbocycles. The maximum atomic E-state index is 14.2. The van der Waals surface area contributed by atoms with Gasteiger partial charge in [0.2, 0.25) is 5.91 Å². The van der Waals surface area contributed by atoms with Crippen molar-refractivity contribution in [2.75, 3.05) is 5.32 Å². The van der Waals surface area contributed by atoms with E-state index in [9.17, 15) is 18.4 Å². The van der Waals surface area contributed by atoms with Crippen molar-refractivity contribution in [3.63, 3.8) is 0 Å². The lowest BCUT2D eigenvalue weighted by Crippen LogP contribution is -2.35. The summed E-state index contributed by atoms with van der Waals surface area (Å²) in [5, 5.41) is 5.48.